The molecule has 0 aromatic heterocycles. The number of amides is 1. The van der Waals surface area contributed by atoms with E-state index in [-0.39, 0.29) is 11.4 Å². The minimum atomic E-state index is -0.283. The molecule has 0 saturated carbocycles. The SMILES string of the molecule is Cc1ccc(C(=O)NC(C)(CBr)CBr)cc1Br. The third-order valence-corrected chi connectivity index (χ3v) is 5.77. The maximum Gasteiger partial charge on any atom is 0.251 e. The first-order valence-electron chi connectivity index (χ1n) is 5.12. The smallest absolute Gasteiger partial charge is 0.251 e. The Hall–Kier alpha value is 0.130. The number of hydrogen-bond donors (Lipinski definition) is 1. The lowest BCUT2D eigenvalue weighted by atomic mass is 10.1. The highest BCUT2D eigenvalue weighted by atomic mass is 79.9. The second kappa shape index (κ2) is 6.34. The minimum Gasteiger partial charge on any atom is -0.345 e. The van der Waals surface area contributed by atoms with Gasteiger partial charge >= 0.3 is 0 Å². The van der Waals surface area contributed by atoms with Crippen molar-refractivity contribution in [3.8, 4) is 0 Å². The Morgan fingerprint density at radius 1 is 1.35 bits per heavy atom. The molecule has 0 fully saturated rings. The van der Waals surface area contributed by atoms with Crippen molar-refractivity contribution in [1.29, 1.82) is 0 Å². The summed E-state index contributed by atoms with van der Waals surface area (Å²) < 4.78 is 0.949. The molecule has 0 spiro atoms. The van der Waals surface area contributed by atoms with Crippen LogP contribution in [-0.4, -0.2) is 22.1 Å². The zero-order valence-electron chi connectivity index (χ0n) is 9.69. The Bertz CT molecular complexity index is 416. The number of hydrogen-bond acceptors (Lipinski definition) is 1. The molecule has 0 bridgehead atoms. The summed E-state index contributed by atoms with van der Waals surface area (Å²) in [5.74, 6) is -0.0629. The number of aryl methyl sites for hydroxylation is 1. The van der Waals surface area contributed by atoms with E-state index in [2.05, 4.69) is 53.1 Å². The van der Waals surface area contributed by atoms with Crippen LogP contribution in [0.3, 0.4) is 0 Å². The molecule has 0 unspecified atom stereocenters. The molecule has 1 N–H and O–H groups in total. The van der Waals surface area contributed by atoms with Gasteiger partial charge in [0.25, 0.3) is 5.91 Å². The van der Waals surface area contributed by atoms with Gasteiger partial charge in [-0.15, -0.1) is 0 Å². The predicted octanol–water partition coefficient (Wildman–Crippen LogP) is 4.04. The van der Waals surface area contributed by atoms with Crippen LogP contribution in [0.2, 0.25) is 0 Å². The van der Waals surface area contributed by atoms with E-state index < -0.39 is 0 Å². The van der Waals surface area contributed by atoms with Gasteiger partial charge in [-0.05, 0) is 31.5 Å². The molecule has 5 heteroatoms. The van der Waals surface area contributed by atoms with E-state index in [1.54, 1.807) is 0 Å². The van der Waals surface area contributed by atoms with Crippen LogP contribution in [0.15, 0.2) is 22.7 Å². The third-order valence-electron chi connectivity index (χ3n) is 2.44. The average molecular weight is 428 g/mol. The number of nitrogens with one attached hydrogen (secondary N) is 1. The summed E-state index contributed by atoms with van der Waals surface area (Å²) >= 11 is 10.2. The lowest BCUT2D eigenvalue weighted by Gasteiger charge is -2.26. The van der Waals surface area contributed by atoms with Crippen LogP contribution in [-0.2, 0) is 0 Å². The van der Waals surface area contributed by atoms with Gasteiger partial charge in [-0.2, -0.15) is 0 Å². The topological polar surface area (TPSA) is 29.1 Å². The van der Waals surface area contributed by atoms with Crippen LogP contribution in [0.4, 0.5) is 0 Å². The number of benzene rings is 1. The summed E-state index contributed by atoms with van der Waals surface area (Å²) in [4.78, 5) is 12.1. The summed E-state index contributed by atoms with van der Waals surface area (Å²) in [6.45, 7) is 3.98. The molecule has 1 aromatic rings. The van der Waals surface area contributed by atoms with Gasteiger partial charge in [-0.25, -0.2) is 0 Å². The Labute approximate surface area is 127 Å². The van der Waals surface area contributed by atoms with Gasteiger partial charge in [0.2, 0.25) is 0 Å². The zero-order valence-corrected chi connectivity index (χ0v) is 14.4. The highest BCUT2D eigenvalue weighted by Crippen LogP contribution is 2.19. The standard InChI is InChI=1S/C12H14Br3NO/c1-8-3-4-9(5-10(8)15)11(17)16-12(2,6-13)7-14/h3-5H,6-7H2,1-2H3,(H,16,17). The molecule has 0 radical (unpaired) electrons. The fourth-order valence-electron chi connectivity index (χ4n) is 1.18. The van der Waals surface area contributed by atoms with Crippen LogP contribution >= 0.6 is 47.8 Å². The van der Waals surface area contributed by atoms with Crippen molar-refractivity contribution in [3.05, 3.63) is 33.8 Å². The molecular weight excluding hydrogens is 414 g/mol. The van der Waals surface area contributed by atoms with E-state index in [0.717, 1.165) is 10.0 Å². The molecule has 17 heavy (non-hydrogen) atoms. The summed E-state index contributed by atoms with van der Waals surface area (Å²) in [6, 6.07) is 5.60. The molecule has 1 amide bonds. The Kier molecular flexibility index (Phi) is 5.67. The first-order valence-corrected chi connectivity index (χ1v) is 8.16. The Morgan fingerprint density at radius 3 is 2.41 bits per heavy atom. The van der Waals surface area contributed by atoms with E-state index >= 15 is 0 Å². The van der Waals surface area contributed by atoms with Crippen molar-refractivity contribution < 1.29 is 4.79 Å². The van der Waals surface area contributed by atoms with Crippen LogP contribution in [0.1, 0.15) is 22.8 Å². The monoisotopic (exact) mass is 425 g/mol. The highest BCUT2D eigenvalue weighted by Gasteiger charge is 2.24. The van der Waals surface area contributed by atoms with Gasteiger partial charge in [0, 0.05) is 20.7 Å². The molecule has 1 aromatic carbocycles. The van der Waals surface area contributed by atoms with E-state index in [4.69, 9.17) is 0 Å². The molecule has 0 saturated heterocycles. The lowest BCUT2D eigenvalue weighted by Crippen LogP contribution is -2.48. The summed E-state index contributed by atoms with van der Waals surface area (Å²) in [6.07, 6.45) is 0. The van der Waals surface area contributed by atoms with Crippen LogP contribution in [0, 0.1) is 6.92 Å². The number of halogens is 3. The largest absolute Gasteiger partial charge is 0.345 e. The summed E-state index contributed by atoms with van der Waals surface area (Å²) in [5.41, 5.74) is 1.50. The minimum absolute atomic E-state index is 0.0629. The maximum absolute atomic E-state index is 12.1. The number of rotatable bonds is 4. The lowest BCUT2D eigenvalue weighted by molar-refractivity contribution is 0.0923. The van der Waals surface area contributed by atoms with Crippen molar-refractivity contribution in [3.63, 3.8) is 0 Å². The van der Waals surface area contributed by atoms with Gasteiger partial charge in [-0.3, -0.25) is 4.79 Å². The van der Waals surface area contributed by atoms with Crippen molar-refractivity contribution in [2.75, 3.05) is 10.7 Å². The fraction of sp³-hybridized carbons (Fsp3) is 0.417. The zero-order chi connectivity index (χ0) is 13.1. The van der Waals surface area contributed by atoms with Gasteiger partial charge in [0.1, 0.15) is 0 Å². The quantitative estimate of drug-likeness (QED) is 0.722. The van der Waals surface area contributed by atoms with Crippen molar-refractivity contribution in [1.82, 2.24) is 5.32 Å². The van der Waals surface area contributed by atoms with E-state index in [1.807, 2.05) is 32.0 Å². The van der Waals surface area contributed by atoms with Crippen molar-refractivity contribution in [2.24, 2.45) is 0 Å². The van der Waals surface area contributed by atoms with Gasteiger partial charge in [0.05, 0.1) is 5.54 Å². The third kappa shape index (κ3) is 4.07. The van der Waals surface area contributed by atoms with Crippen molar-refractivity contribution >= 4 is 53.7 Å². The summed E-state index contributed by atoms with van der Waals surface area (Å²) in [5, 5.41) is 4.40. The van der Waals surface area contributed by atoms with Crippen LogP contribution < -0.4 is 5.32 Å². The second-order valence-electron chi connectivity index (χ2n) is 4.25. The molecular formula is C12H14Br3NO. The first-order chi connectivity index (χ1) is 7.91. The van der Waals surface area contributed by atoms with E-state index in [0.29, 0.717) is 16.2 Å². The maximum atomic E-state index is 12.1. The molecule has 1 rings (SSSR count). The normalized spacial score (nSPS) is 11.4. The van der Waals surface area contributed by atoms with E-state index in [9.17, 15) is 4.79 Å². The molecule has 0 aliphatic rings. The molecule has 0 aliphatic carbocycles. The molecule has 0 atom stereocenters. The molecule has 94 valence electrons. The van der Waals surface area contributed by atoms with Crippen LogP contribution in [0.25, 0.3) is 0 Å². The average Bonchev–Trinajstić information content (AvgIpc) is 2.32. The van der Waals surface area contributed by atoms with Gasteiger partial charge in [0.15, 0.2) is 0 Å². The number of carbonyl (C=O) groups excluding carboxylic acids is 1. The number of carbonyl (C=O) groups is 1. The predicted molar refractivity (Wildman–Crippen MR) is 82.3 cm³/mol. The Morgan fingerprint density at radius 2 is 1.94 bits per heavy atom. The van der Waals surface area contributed by atoms with Gasteiger partial charge in [-0.1, -0.05) is 53.9 Å². The van der Waals surface area contributed by atoms with Gasteiger partial charge < -0.3 is 5.32 Å². The summed E-state index contributed by atoms with van der Waals surface area (Å²) in [7, 11) is 0. The first kappa shape index (κ1) is 15.2. The van der Waals surface area contributed by atoms with Crippen molar-refractivity contribution in [2.45, 2.75) is 19.4 Å². The Balaban J connectivity index is 2.86. The van der Waals surface area contributed by atoms with E-state index in [1.165, 1.54) is 0 Å². The highest BCUT2D eigenvalue weighted by molar-refractivity contribution is 9.10. The number of alkyl halides is 2. The fourth-order valence-corrected chi connectivity index (χ4v) is 2.77. The second-order valence-corrected chi connectivity index (χ2v) is 6.22. The van der Waals surface area contributed by atoms with Crippen LogP contribution in [0.5, 0.6) is 0 Å². The molecule has 0 heterocycles. The molecule has 2 nitrogen and oxygen atoms in total. The molecule has 0 aliphatic heterocycles.